The maximum absolute atomic E-state index is 14.1. The Kier molecular flexibility index (Phi) is 4.61. The number of hydrogen-bond acceptors (Lipinski definition) is 3. The highest BCUT2D eigenvalue weighted by Crippen LogP contribution is 2.22. The first kappa shape index (κ1) is 16.8. The summed E-state index contributed by atoms with van der Waals surface area (Å²) in [4.78, 5) is 12.6. The van der Waals surface area contributed by atoms with Gasteiger partial charge in [-0.15, -0.1) is 10.2 Å². The Balaban J connectivity index is 1.98. The van der Waals surface area contributed by atoms with Gasteiger partial charge >= 0.3 is 0 Å². The van der Waals surface area contributed by atoms with Crippen LogP contribution < -0.4 is 5.32 Å². The van der Waals surface area contributed by atoms with E-state index in [1.807, 2.05) is 48.9 Å². The molecule has 1 heterocycles. The second-order valence-corrected chi connectivity index (χ2v) is 5.96. The summed E-state index contributed by atoms with van der Waals surface area (Å²) in [7, 11) is 1.83. The van der Waals surface area contributed by atoms with Crippen LogP contribution in [0.4, 0.5) is 4.39 Å². The molecule has 0 saturated heterocycles. The van der Waals surface area contributed by atoms with Crippen molar-refractivity contribution in [1.82, 2.24) is 20.1 Å². The number of nitrogens with zero attached hydrogens (tertiary/aromatic N) is 3. The summed E-state index contributed by atoms with van der Waals surface area (Å²) < 4.78 is 16.0. The number of hydrogen-bond donors (Lipinski definition) is 1. The number of rotatable bonds is 4. The normalized spacial score (nSPS) is 12.0. The summed E-state index contributed by atoms with van der Waals surface area (Å²) in [6.45, 7) is 3.61. The highest BCUT2D eigenvalue weighted by Gasteiger charge is 2.24. The van der Waals surface area contributed by atoms with Crippen molar-refractivity contribution in [2.24, 2.45) is 7.05 Å². The van der Waals surface area contributed by atoms with Crippen molar-refractivity contribution < 1.29 is 9.18 Å². The van der Waals surface area contributed by atoms with E-state index in [4.69, 9.17) is 0 Å². The monoisotopic (exact) mass is 338 g/mol. The molecule has 25 heavy (non-hydrogen) atoms. The van der Waals surface area contributed by atoms with Crippen LogP contribution in [-0.4, -0.2) is 20.7 Å². The molecule has 3 aromatic rings. The number of halogens is 1. The van der Waals surface area contributed by atoms with Crippen LogP contribution in [0.3, 0.4) is 0 Å². The van der Waals surface area contributed by atoms with E-state index in [1.165, 1.54) is 12.1 Å². The fraction of sp³-hybridized carbons (Fsp3) is 0.211. The lowest BCUT2D eigenvalue weighted by molar-refractivity contribution is 0.0937. The number of carbonyl (C=O) groups excluding carboxylic acids is 1. The zero-order chi connectivity index (χ0) is 18.0. The molecule has 6 heteroatoms. The van der Waals surface area contributed by atoms with E-state index >= 15 is 0 Å². The van der Waals surface area contributed by atoms with E-state index in [9.17, 15) is 9.18 Å². The molecule has 1 atom stereocenters. The molecular formula is C19H19FN4O. The molecule has 0 radical (unpaired) electrons. The van der Waals surface area contributed by atoms with Gasteiger partial charge in [-0.3, -0.25) is 4.79 Å². The lowest BCUT2D eigenvalue weighted by atomic mass is 10.0. The molecule has 0 saturated carbocycles. The van der Waals surface area contributed by atoms with Crippen LogP contribution in [-0.2, 0) is 7.05 Å². The minimum Gasteiger partial charge on any atom is -0.338 e. The number of aryl methyl sites for hydroxylation is 2. The minimum atomic E-state index is -0.543. The van der Waals surface area contributed by atoms with E-state index in [0.29, 0.717) is 5.82 Å². The van der Waals surface area contributed by atoms with Gasteiger partial charge in [0.15, 0.2) is 5.82 Å². The molecule has 0 unspecified atom stereocenters. The van der Waals surface area contributed by atoms with Gasteiger partial charge in [0.05, 0.1) is 5.56 Å². The third-order valence-corrected chi connectivity index (χ3v) is 4.16. The molecule has 0 fully saturated rings. The number of benzene rings is 2. The van der Waals surface area contributed by atoms with Crippen LogP contribution in [0.25, 0.3) is 0 Å². The van der Waals surface area contributed by atoms with Gasteiger partial charge in [0.1, 0.15) is 17.7 Å². The first-order valence-corrected chi connectivity index (χ1v) is 7.95. The van der Waals surface area contributed by atoms with Crippen molar-refractivity contribution >= 4 is 5.91 Å². The number of nitrogens with one attached hydrogen (secondary N) is 1. The third-order valence-electron chi connectivity index (χ3n) is 4.16. The van der Waals surface area contributed by atoms with Crippen molar-refractivity contribution in [1.29, 1.82) is 0 Å². The fourth-order valence-corrected chi connectivity index (χ4v) is 2.63. The molecule has 0 aliphatic carbocycles. The maximum Gasteiger partial charge on any atom is 0.255 e. The minimum absolute atomic E-state index is 0.00502. The average molecular weight is 338 g/mol. The molecule has 1 amide bonds. The molecule has 1 aromatic heterocycles. The van der Waals surface area contributed by atoms with Gasteiger partial charge in [-0.2, -0.15) is 0 Å². The summed E-state index contributed by atoms with van der Waals surface area (Å²) in [6, 6.07) is 13.4. The molecule has 128 valence electrons. The summed E-state index contributed by atoms with van der Waals surface area (Å²) in [5.41, 5.74) is 1.61. The smallest absolute Gasteiger partial charge is 0.255 e. The topological polar surface area (TPSA) is 59.8 Å². The van der Waals surface area contributed by atoms with Crippen LogP contribution in [0.1, 0.15) is 39.2 Å². The Hall–Kier alpha value is -3.02. The molecule has 0 bridgehead atoms. The summed E-state index contributed by atoms with van der Waals surface area (Å²) in [5, 5.41) is 11.1. The summed E-state index contributed by atoms with van der Waals surface area (Å²) in [6.07, 6.45) is 0. The Bertz CT molecular complexity index is 905. The van der Waals surface area contributed by atoms with Crippen molar-refractivity contribution in [3.63, 3.8) is 0 Å². The van der Waals surface area contributed by atoms with Gasteiger partial charge in [0.25, 0.3) is 5.91 Å². The van der Waals surface area contributed by atoms with E-state index < -0.39 is 17.8 Å². The number of aromatic nitrogens is 3. The second kappa shape index (κ2) is 6.84. The Labute approximate surface area is 145 Å². The lowest BCUT2D eigenvalue weighted by Gasteiger charge is -2.19. The van der Waals surface area contributed by atoms with Crippen molar-refractivity contribution in [2.75, 3.05) is 0 Å². The zero-order valence-electron chi connectivity index (χ0n) is 14.3. The van der Waals surface area contributed by atoms with Crippen LogP contribution in [0.2, 0.25) is 0 Å². The van der Waals surface area contributed by atoms with Gasteiger partial charge in [-0.25, -0.2) is 4.39 Å². The molecule has 0 spiro atoms. The summed E-state index contributed by atoms with van der Waals surface area (Å²) in [5.74, 6) is 0.279. The van der Waals surface area contributed by atoms with Gasteiger partial charge in [-0.1, -0.05) is 36.4 Å². The number of amides is 1. The van der Waals surface area contributed by atoms with Crippen molar-refractivity contribution in [2.45, 2.75) is 19.9 Å². The van der Waals surface area contributed by atoms with E-state index in [2.05, 4.69) is 15.5 Å². The van der Waals surface area contributed by atoms with Crippen molar-refractivity contribution in [3.8, 4) is 0 Å². The van der Waals surface area contributed by atoms with Gasteiger partial charge in [-0.05, 0) is 37.1 Å². The van der Waals surface area contributed by atoms with Crippen LogP contribution in [0.5, 0.6) is 0 Å². The van der Waals surface area contributed by atoms with Crippen LogP contribution in [0.15, 0.2) is 48.5 Å². The van der Waals surface area contributed by atoms with E-state index in [1.54, 1.807) is 13.0 Å². The third kappa shape index (κ3) is 3.42. The largest absolute Gasteiger partial charge is 0.338 e. The van der Waals surface area contributed by atoms with E-state index in [0.717, 1.165) is 17.0 Å². The van der Waals surface area contributed by atoms with Gasteiger partial charge < -0.3 is 9.88 Å². The molecule has 2 aromatic carbocycles. The first-order chi connectivity index (χ1) is 12.0. The average Bonchev–Trinajstić information content (AvgIpc) is 2.92. The molecule has 0 aliphatic rings. The SMILES string of the molecule is Cc1ccc(C(=O)N[C@H](c2ccccc2)c2nnc(C)n2C)c(F)c1. The summed E-state index contributed by atoms with van der Waals surface area (Å²) >= 11 is 0. The highest BCUT2D eigenvalue weighted by atomic mass is 19.1. The molecule has 1 N–H and O–H groups in total. The molecule has 0 aliphatic heterocycles. The predicted molar refractivity (Wildman–Crippen MR) is 92.6 cm³/mol. The standard InChI is InChI=1S/C19H19FN4O/c1-12-9-10-15(16(20)11-12)19(25)21-17(14-7-5-4-6-8-14)18-23-22-13(2)24(18)3/h4-11,17H,1-3H3,(H,21,25)/t17-/m1/s1. The van der Waals surface area contributed by atoms with Crippen LogP contribution in [0, 0.1) is 19.7 Å². The van der Waals surface area contributed by atoms with Crippen LogP contribution >= 0.6 is 0 Å². The number of carbonyl (C=O) groups is 1. The molecular weight excluding hydrogens is 319 g/mol. The second-order valence-electron chi connectivity index (χ2n) is 5.96. The van der Waals surface area contributed by atoms with Gasteiger partial charge in [0, 0.05) is 7.05 Å². The maximum atomic E-state index is 14.1. The van der Waals surface area contributed by atoms with E-state index in [-0.39, 0.29) is 5.56 Å². The Morgan fingerprint density at radius 3 is 2.44 bits per heavy atom. The lowest BCUT2D eigenvalue weighted by Crippen LogP contribution is -2.31. The predicted octanol–water partition coefficient (Wildman–Crippen LogP) is 3.09. The zero-order valence-corrected chi connectivity index (χ0v) is 14.3. The first-order valence-electron chi connectivity index (χ1n) is 7.95. The molecule has 5 nitrogen and oxygen atoms in total. The van der Waals surface area contributed by atoms with Gasteiger partial charge in [0.2, 0.25) is 0 Å². The Morgan fingerprint density at radius 1 is 1.12 bits per heavy atom. The molecule has 3 rings (SSSR count). The fourth-order valence-electron chi connectivity index (χ4n) is 2.63. The van der Waals surface area contributed by atoms with Crippen molar-refractivity contribution in [3.05, 3.63) is 82.7 Å². The Morgan fingerprint density at radius 2 is 1.84 bits per heavy atom. The quantitative estimate of drug-likeness (QED) is 0.795. The highest BCUT2D eigenvalue weighted by molar-refractivity contribution is 5.95.